The van der Waals surface area contributed by atoms with Gasteiger partial charge in [0.15, 0.2) is 0 Å². The first kappa shape index (κ1) is 15.3. The number of ether oxygens (including phenoxy) is 1. The lowest BCUT2D eigenvalue weighted by molar-refractivity contribution is -0.149. The molecular formula is C15H20N2O4. The maximum atomic E-state index is 12.4. The van der Waals surface area contributed by atoms with Crippen molar-refractivity contribution in [3.05, 3.63) is 33.7 Å². The number of rotatable bonds is 3. The van der Waals surface area contributed by atoms with Crippen molar-refractivity contribution in [2.45, 2.75) is 26.7 Å². The number of aromatic amines is 1. The Morgan fingerprint density at radius 2 is 2.19 bits per heavy atom. The molecule has 21 heavy (non-hydrogen) atoms. The summed E-state index contributed by atoms with van der Waals surface area (Å²) in [6.45, 7) is 4.72. The summed E-state index contributed by atoms with van der Waals surface area (Å²) >= 11 is 0. The summed E-state index contributed by atoms with van der Waals surface area (Å²) in [6, 6.07) is 3.23. The number of amides is 1. The summed E-state index contributed by atoms with van der Waals surface area (Å²) in [4.78, 5) is 40.2. The number of carbonyl (C=O) groups excluding carboxylic acids is 2. The van der Waals surface area contributed by atoms with E-state index in [1.165, 1.54) is 6.07 Å². The number of aromatic nitrogens is 1. The second kappa shape index (κ2) is 6.56. The Morgan fingerprint density at radius 3 is 2.86 bits per heavy atom. The van der Waals surface area contributed by atoms with E-state index in [2.05, 4.69) is 4.98 Å². The number of pyridine rings is 1. The van der Waals surface area contributed by atoms with Crippen LogP contribution in [0.5, 0.6) is 0 Å². The van der Waals surface area contributed by atoms with Crippen LogP contribution >= 0.6 is 0 Å². The van der Waals surface area contributed by atoms with Crippen molar-refractivity contribution in [3.63, 3.8) is 0 Å². The second-order valence-electron chi connectivity index (χ2n) is 5.23. The number of aryl methyl sites for hydroxylation is 1. The van der Waals surface area contributed by atoms with E-state index >= 15 is 0 Å². The quantitative estimate of drug-likeness (QED) is 0.846. The minimum absolute atomic E-state index is 0.116. The zero-order valence-electron chi connectivity index (χ0n) is 12.3. The van der Waals surface area contributed by atoms with E-state index in [0.29, 0.717) is 31.8 Å². The molecule has 1 atom stereocenters. The Labute approximate surface area is 123 Å². The largest absolute Gasteiger partial charge is 0.466 e. The molecule has 114 valence electrons. The molecule has 2 heterocycles. The molecule has 1 aliphatic rings. The normalized spacial score (nSPS) is 18.4. The maximum Gasteiger partial charge on any atom is 0.310 e. The Kier molecular flexibility index (Phi) is 4.77. The van der Waals surface area contributed by atoms with Crippen LogP contribution in [0.15, 0.2) is 16.9 Å². The van der Waals surface area contributed by atoms with Gasteiger partial charge in [-0.15, -0.1) is 0 Å². The van der Waals surface area contributed by atoms with Crippen LogP contribution < -0.4 is 5.56 Å². The number of carbonyl (C=O) groups is 2. The third-order valence-corrected chi connectivity index (χ3v) is 3.61. The van der Waals surface area contributed by atoms with Crippen molar-refractivity contribution < 1.29 is 14.3 Å². The van der Waals surface area contributed by atoms with E-state index in [4.69, 9.17) is 4.74 Å². The third-order valence-electron chi connectivity index (χ3n) is 3.61. The SMILES string of the molecule is CCOC(=O)C1CCCN(C(=O)c2ccc(C)[nH]c2=O)C1. The Balaban J connectivity index is 2.12. The van der Waals surface area contributed by atoms with Gasteiger partial charge in [0.25, 0.3) is 11.5 Å². The molecule has 1 aromatic rings. The van der Waals surface area contributed by atoms with Crippen LogP contribution in [-0.4, -0.2) is 41.5 Å². The average Bonchev–Trinajstić information content (AvgIpc) is 2.47. The van der Waals surface area contributed by atoms with Gasteiger partial charge in [0, 0.05) is 18.8 Å². The minimum Gasteiger partial charge on any atom is -0.466 e. The minimum atomic E-state index is -0.391. The standard InChI is InChI=1S/C15H20N2O4/c1-3-21-15(20)11-5-4-8-17(9-11)14(19)12-7-6-10(2)16-13(12)18/h6-7,11H,3-5,8-9H2,1-2H3,(H,16,18). The first-order chi connectivity index (χ1) is 10.0. The number of likely N-dealkylation sites (tertiary alicyclic amines) is 1. The van der Waals surface area contributed by atoms with Crippen LogP contribution in [0, 0.1) is 12.8 Å². The third kappa shape index (κ3) is 3.51. The summed E-state index contributed by atoms with van der Waals surface area (Å²) in [5, 5.41) is 0. The molecule has 1 unspecified atom stereocenters. The fourth-order valence-electron chi connectivity index (χ4n) is 2.52. The maximum absolute atomic E-state index is 12.4. The highest BCUT2D eigenvalue weighted by molar-refractivity contribution is 5.94. The van der Waals surface area contributed by atoms with Gasteiger partial charge in [-0.2, -0.15) is 0 Å². The number of nitrogens with zero attached hydrogens (tertiary/aromatic N) is 1. The average molecular weight is 292 g/mol. The van der Waals surface area contributed by atoms with Crippen LogP contribution in [-0.2, 0) is 9.53 Å². The van der Waals surface area contributed by atoms with Gasteiger partial charge in [-0.05, 0) is 38.8 Å². The summed E-state index contributed by atoms with van der Waals surface area (Å²) in [7, 11) is 0. The van der Waals surface area contributed by atoms with E-state index in [1.54, 1.807) is 24.8 Å². The van der Waals surface area contributed by atoms with E-state index < -0.39 is 5.56 Å². The van der Waals surface area contributed by atoms with Gasteiger partial charge in [0.05, 0.1) is 12.5 Å². The van der Waals surface area contributed by atoms with Gasteiger partial charge in [-0.25, -0.2) is 0 Å². The molecule has 6 heteroatoms. The predicted octanol–water partition coefficient (Wildman–Crippen LogP) is 1.10. The summed E-state index contributed by atoms with van der Waals surface area (Å²) in [5.41, 5.74) is 0.433. The van der Waals surface area contributed by atoms with E-state index in [0.717, 1.165) is 6.42 Å². The van der Waals surface area contributed by atoms with Gasteiger partial charge in [-0.3, -0.25) is 14.4 Å². The van der Waals surface area contributed by atoms with Crippen molar-refractivity contribution >= 4 is 11.9 Å². The highest BCUT2D eigenvalue weighted by Gasteiger charge is 2.30. The highest BCUT2D eigenvalue weighted by atomic mass is 16.5. The first-order valence-corrected chi connectivity index (χ1v) is 7.18. The van der Waals surface area contributed by atoms with Crippen LogP contribution in [0.3, 0.4) is 0 Å². The predicted molar refractivity (Wildman–Crippen MR) is 77.1 cm³/mol. The number of hydrogen-bond donors (Lipinski definition) is 1. The van der Waals surface area contributed by atoms with Crippen molar-refractivity contribution in [1.29, 1.82) is 0 Å². The number of nitrogens with one attached hydrogen (secondary N) is 1. The Morgan fingerprint density at radius 1 is 1.43 bits per heavy atom. The van der Waals surface area contributed by atoms with Crippen LogP contribution in [0.4, 0.5) is 0 Å². The molecule has 0 aliphatic carbocycles. The van der Waals surface area contributed by atoms with Gasteiger partial charge in [0.2, 0.25) is 0 Å². The zero-order valence-corrected chi connectivity index (χ0v) is 12.3. The Bertz CT molecular complexity index is 594. The molecule has 0 aromatic carbocycles. The molecule has 1 N–H and O–H groups in total. The molecule has 0 radical (unpaired) electrons. The second-order valence-corrected chi connectivity index (χ2v) is 5.23. The number of piperidine rings is 1. The van der Waals surface area contributed by atoms with Crippen LogP contribution in [0.1, 0.15) is 35.8 Å². The van der Waals surface area contributed by atoms with Crippen LogP contribution in [0.25, 0.3) is 0 Å². The molecule has 1 aliphatic heterocycles. The topological polar surface area (TPSA) is 79.5 Å². The summed E-state index contributed by atoms with van der Waals surface area (Å²) < 4.78 is 5.01. The molecule has 6 nitrogen and oxygen atoms in total. The lowest BCUT2D eigenvalue weighted by atomic mass is 9.97. The molecule has 1 amide bonds. The van der Waals surface area contributed by atoms with Crippen molar-refractivity contribution in [3.8, 4) is 0 Å². The summed E-state index contributed by atoms with van der Waals surface area (Å²) in [5.74, 6) is -0.898. The van der Waals surface area contributed by atoms with Crippen LogP contribution in [0.2, 0.25) is 0 Å². The Hall–Kier alpha value is -2.11. The zero-order chi connectivity index (χ0) is 15.4. The molecule has 1 fully saturated rings. The molecule has 0 saturated carbocycles. The first-order valence-electron chi connectivity index (χ1n) is 7.18. The smallest absolute Gasteiger partial charge is 0.310 e. The van der Waals surface area contributed by atoms with E-state index in [9.17, 15) is 14.4 Å². The van der Waals surface area contributed by atoms with Crippen molar-refractivity contribution in [2.75, 3.05) is 19.7 Å². The monoisotopic (exact) mass is 292 g/mol. The van der Waals surface area contributed by atoms with Gasteiger partial charge in [-0.1, -0.05) is 0 Å². The molecular weight excluding hydrogens is 272 g/mol. The summed E-state index contributed by atoms with van der Waals surface area (Å²) in [6.07, 6.45) is 1.45. The number of H-pyrrole nitrogens is 1. The molecule has 0 spiro atoms. The van der Waals surface area contributed by atoms with E-state index in [1.807, 2.05) is 0 Å². The van der Waals surface area contributed by atoms with Gasteiger partial charge in [0.1, 0.15) is 5.56 Å². The fourth-order valence-corrected chi connectivity index (χ4v) is 2.52. The number of hydrogen-bond acceptors (Lipinski definition) is 4. The van der Waals surface area contributed by atoms with Gasteiger partial charge >= 0.3 is 5.97 Å². The molecule has 1 saturated heterocycles. The highest BCUT2D eigenvalue weighted by Crippen LogP contribution is 2.19. The molecule has 0 bridgehead atoms. The fraction of sp³-hybridized carbons (Fsp3) is 0.533. The van der Waals surface area contributed by atoms with E-state index in [-0.39, 0.29) is 23.4 Å². The molecule has 1 aromatic heterocycles. The van der Waals surface area contributed by atoms with Crippen molar-refractivity contribution in [2.24, 2.45) is 5.92 Å². The van der Waals surface area contributed by atoms with Crippen molar-refractivity contribution in [1.82, 2.24) is 9.88 Å². The lowest BCUT2D eigenvalue weighted by Gasteiger charge is -2.31. The molecule has 2 rings (SSSR count). The lowest BCUT2D eigenvalue weighted by Crippen LogP contribution is -2.44. The number of esters is 1. The van der Waals surface area contributed by atoms with Gasteiger partial charge < -0.3 is 14.6 Å².